The molecule has 0 saturated carbocycles. The summed E-state index contributed by atoms with van der Waals surface area (Å²) < 4.78 is 12.2. The maximum absolute atomic E-state index is 13.3. The van der Waals surface area contributed by atoms with Gasteiger partial charge in [-0.3, -0.25) is 4.79 Å². The molecule has 0 radical (unpaired) electrons. The minimum atomic E-state index is -0.631. The van der Waals surface area contributed by atoms with E-state index in [9.17, 15) is 4.79 Å². The molecule has 1 fully saturated rings. The molecule has 5 heteroatoms. The molecular formula is C22H24ClNO3. The molecule has 2 aromatic carbocycles. The van der Waals surface area contributed by atoms with Crippen molar-refractivity contribution in [3.8, 4) is 11.5 Å². The van der Waals surface area contributed by atoms with Gasteiger partial charge < -0.3 is 14.4 Å². The maximum Gasteiger partial charge on any atom is 0.255 e. The molecule has 1 spiro atoms. The predicted molar refractivity (Wildman–Crippen MR) is 105 cm³/mol. The minimum Gasteiger partial charge on any atom is -0.448 e. The third kappa shape index (κ3) is 3.51. The lowest BCUT2D eigenvalue weighted by atomic mass is 9.86. The van der Waals surface area contributed by atoms with Gasteiger partial charge in [0.2, 0.25) is 5.91 Å². The van der Waals surface area contributed by atoms with E-state index in [1.807, 2.05) is 53.4 Å². The van der Waals surface area contributed by atoms with Gasteiger partial charge in [0.15, 0.2) is 11.5 Å². The first-order chi connectivity index (χ1) is 13.0. The van der Waals surface area contributed by atoms with E-state index in [1.165, 1.54) is 0 Å². The summed E-state index contributed by atoms with van der Waals surface area (Å²) in [5.74, 6) is 1.15. The number of carbonyl (C=O) groups is 1. The number of benzene rings is 2. The van der Waals surface area contributed by atoms with Gasteiger partial charge in [-0.1, -0.05) is 49.7 Å². The molecule has 0 unspecified atom stereocenters. The zero-order valence-electron chi connectivity index (χ0n) is 15.7. The molecule has 0 aliphatic carbocycles. The average molecular weight is 386 g/mol. The van der Waals surface area contributed by atoms with Crippen molar-refractivity contribution in [1.82, 2.24) is 4.90 Å². The number of likely N-dealkylation sites (tertiary alicyclic amines) is 1. The second-order valence-electron chi connectivity index (χ2n) is 7.66. The monoisotopic (exact) mass is 385 g/mol. The first-order valence-electron chi connectivity index (χ1n) is 9.49. The summed E-state index contributed by atoms with van der Waals surface area (Å²) in [4.78, 5) is 15.2. The zero-order valence-corrected chi connectivity index (χ0v) is 16.4. The van der Waals surface area contributed by atoms with Crippen LogP contribution in [0, 0.1) is 5.92 Å². The van der Waals surface area contributed by atoms with E-state index in [-0.39, 0.29) is 17.7 Å². The van der Waals surface area contributed by atoms with E-state index < -0.39 is 5.79 Å². The van der Waals surface area contributed by atoms with Gasteiger partial charge in [-0.2, -0.15) is 0 Å². The van der Waals surface area contributed by atoms with E-state index in [0.29, 0.717) is 31.0 Å². The SMILES string of the molecule is CC(C)[C@H](C(=O)N1CCC2(CC1)Oc1ccccc1O2)c1ccc(Cl)cc1. The smallest absolute Gasteiger partial charge is 0.255 e. The molecule has 2 aromatic rings. The predicted octanol–water partition coefficient (Wildman–Crippen LogP) is 4.87. The number of fused-ring (bicyclic) bond motifs is 1. The number of nitrogens with zero attached hydrogens (tertiary/aromatic N) is 1. The van der Waals surface area contributed by atoms with E-state index in [4.69, 9.17) is 21.1 Å². The lowest BCUT2D eigenvalue weighted by Gasteiger charge is -2.39. The van der Waals surface area contributed by atoms with Gasteiger partial charge in [-0.25, -0.2) is 0 Å². The van der Waals surface area contributed by atoms with Crippen molar-refractivity contribution in [1.29, 1.82) is 0 Å². The number of hydrogen-bond acceptors (Lipinski definition) is 3. The molecule has 0 bridgehead atoms. The van der Waals surface area contributed by atoms with E-state index >= 15 is 0 Å². The van der Waals surface area contributed by atoms with Gasteiger partial charge in [0.05, 0.1) is 5.92 Å². The van der Waals surface area contributed by atoms with Crippen LogP contribution in [0.1, 0.15) is 38.2 Å². The first-order valence-corrected chi connectivity index (χ1v) is 9.86. The summed E-state index contributed by atoms with van der Waals surface area (Å²) in [5.41, 5.74) is 1.01. The van der Waals surface area contributed by atoms with Crippen LogP contribution in [0.4, 0.5) is 0 Å². The summed E-state index contributed by atoms with van der Waals surface area (Å²) >= 11 is 6.01. The highest BCUT2D eigenvalue weighted by atomic mass is 35.5. The fourth-order valence-corrected chi connectivity index (χ4v) is 4.12. The Balaban J connectivity index is 1.46. The van der Waals surface area contributed by atoms with E-state index in [1.54, 1.807) is 0 Å². The fourth-order valence-electron chi connectivity index (χ4n) is 3.99. The molecule has 142 valence electrons. The second-order valence-corrected chi connectivity index (χ2v) is 8.10. The summed E-state index contributed by atoms with van der Waals surface area (Å²) in [5, 5.41) is 0.684. The largest absolute Gasteiger partial charge is 0.448 e. The van der Waals surface area contributed by atoms with Crippen molar-refractivity contribution < 1.29 is 14.3 Å². The van der Waals surface area contributed by atoms with Gasteiger partial charge in [-0.05, 0) is 35.7 Å². The quantitative estimate of drug-likeness (QED) is 0.756. The molecule has 1 atom stereocenters. The Morgan fingerprint density at radius 2 is 1.56 bits per heavy atom. The van der Waals surface area contributed by atoms with Crippen LogP contribution in [0.5, 0.6) is 11.5 Å². The molecule has 1 amide bonds. The number of para-hydroxylation sites is 2. The fraction of sp³-hybridized carbons (Fsp3) is 0.409. The van der Waals surface area contributed by atoms with Crippen molar-refractivity contribution in [2.45, 2.75) is 38.4 Å². The number of halogens is 1. The van der Waals surface area contributed by atoms with Crippen LogP contribution >= 0.6 is 11.6 Å². The van der Waals surface area contributed by atoms with Crippen LogP contribution in [-0.2, 0) is 4.79 Å². The van der Waals surface area contributed by atoms with Crippen molar-refractivity contribution in [3.05, 3.63) is 59.1 Å². The molecule has 0 N–H and O–H groups in total. The Morgan fingerprint density at radius 1 is 1.00 bits per heavy atom. The van der Waals surface area contributed by atoms with Gasteiger partial charge in [0, 0.05) is 31.0 Å². The highest BCUT2D eigenvalue weighted by Crippen LogP contribution is 2.43. The van der Waals surface area contributed by atoms with Crippen LogP contribution in [-0.4, -0.2) is 29.7 Å². The summed E-state index contributed by atoms with van der Waals surface area (Å²) in [6.45, 7) is 5.43. The summed E-state index contributed by atoms with van der Waals surface area (Å²) in [6, 6.07) is 15.4. The number of ether oxygens (including phenoxy) is 2. The molecule has 2 aliphatic heterocycles. The first kappa shape index (κ1) is 18.2. The van der Waals surface area contributed by atoms with Crippen LogP contribution in [0.15, 0.2) is 48.5 Å². The molecule has 1 saturated heterocycles. The van der Waals surface area contributed by atoms with Crippen LogP contribution in [0.25, 0.3) is 0 Å². The molecule has 2 aliphatic rings. The zero-order chi connectivity index (χ0) is 19.0. The molecule has 4 nitrogen and oxygen atoms in total. The molecule has 27 heavy (non-hydrogen) atoms. The summed E-state index contributed by atoms with van der Waals surface area (Å²) in [7, 11) is 0. The van der Waals surface area contributed by atoms with Crippen LogP contribution in [0.3, 0.4) is 0 Å². The van der Waals surface area contributed by atoms with Crippen molar-refractivity contribution in [2.75, 3.05) is 13.1 Å². The number of amides is 1. The third-order valence-electron chi connectivity index (χ3n) is 5.44. The van der Waals surface area contributed by atoms with E-state index in [0.717, 1.165) is 17.1 Å². The van der Waals surface area contributed by atoms with Crippen LogP contribution < -0.4 is 9.47 Å². The Morgan fingerprint density at radius 3 is 2.07 bits per heavy atom. The standard InChI is InChI=1S/C22H24ClNO3/c1-15(2)20(16-7-9-17(23)10-8-16)21(25)24-13-11-22(12-14-24)26-18-5-3-4-6-19(18)27-22/h3-10,15,20H,11-14H2,1-2H3/t20-/m0/s1. The second kappa shape index (κ2) is 7.08. The number of rotatable bonds is 3. The van der Waals surface area contributed by atoms with Crippen LogP contribution in [0.2, 0.25) is 5.02 Å². The lowest BCUT2D eigenvalue weighted by Crippen LogP contribution is -2.52. The highest BCUT2D eigenvalue weighted by Gasteiger charge is 2.45. The Hall–Kier alpha value is -2.20. The van der Waals surface area contributed by atoms with E-state index in [2.05, 4.69) is 13.8 Å². The Labute approximate surface area is 165 Å². The van der Waals surface area contributed by atoms with Crippen molar-refractivity contribution >= 4 is 17.5 Å². The maximum atomic E-state index is 13.3. The normalized spacial score (nSPS) is 18.7. The van der Waals surface area contributed by atoms with Crippen molar-refractivity contribution in [2.24, 2.45) is 5.92 Å². The molecular weight excluding hydrogens is 362 g/mol. The van der Waals surface area contributed by atoms with Gasteiger partial charge in [0.1, 0.15) is 0 Å². The topological polar surface area (TPSA) is 38.8 Å². The summed E-state index contributed by atoms with van der Waals surface area (Å²) in [6.07, 6.45) is 1.33. The average Bonchev–Trinajstić information content (AvgIpc) is 3.01. The minimum absolute atomic E-state index is 0.165. The van der Waals surface area contributed by atoms with Gasteiger partial charge in [-0.15, -0.1) is 0 Å². The third-order valence-corrected chi connectivity index (χ3v) is 5.69. The molecule has 0 aromatic heterocycles. The number of hydrogen-bond donors (Lipinski definition) is 0. The Bertz CT molecular complexity index is 799. The lowest BCUT2D eigenvalue weighted by molar-refractivity contribution is -0.148. The number of piperidine rings is 1. The van der Waals surface area contributed by atoms with Gasteiger partial charge in [0.25, 0.3) is 5.79 Å². The van der Waals surface area contributed by atoms with Crippen molar-refractivity contribution in [3.63, 3.8) is 0 Å². The highest BCUT2D eigenvalue weighted by molar-refractivity contribution is 6.30. The number of carbonyl (C=O) groups excluding carboxylic acids is 1. The van der Waals surface area contributed by atoms with Gasteiger partial charge >= 0.3 is 0 Å². The molecule has 4 rings (SSSR count). The molecule has 2 heterocycles. The Kier molecular flexibility index (Phi) is 4.77.